The first-order valence-corrected chi connectivity index (χ1v) is 9.19. The van der Waals surface area contributed by atoms with Crippen LogP contribution in [0.2, 0.25) is 0 Å². The first kappa shape index (κ1) is 20.4. The number of nitrogens with zero attached hydrogens (tertiary/aromatic N) is 1. The zero-order valence-corrected chi connectivity index (χ0v) is 16.3. The van der Waals surface area contributed by atoms with E-state index in [0.29, 0.717) is 24.5 Å². The van der Waals surface area contributed by atoms with Gasteiger partial charge in [-0.25, -0.2) is 8.78 Å². The van der Waals surface area contributed by atoms with Gasteiger partial charge in [-0.1, -0.05) is 0 Å². The molecule has 0 unspecified atom stereocenters. The number of likely N-dealkylation sites (tertiary alicyclic amines) is 1. The summed E-state index contributed by atoms with van der Waals surface area (Å²) >= 11 is 0. The van der Waals surface area contributed by atoms with Gasteiger partial charge >= 0.3 is 5.97 Å². The predicted octanol–water partition coefficient (Wildman–Crippen LogP) is 3.03. The Balaban J connectivity index is 1.81. The van der Waals surface area contributed by atoms with Crippen molar-refractivity contribution in [2.45, 2.75) is 38.2 Å². The molecule has 154 valence electrons. The molecule has 1 saturated heterocycles. The molecule has 0 radical (unpaired) electrons. The van der Waals surface area contributed by atoms with Crippen molar-refractivity contribution >= 4 is 11.9 Å². The first-order chi connectivity index (χ1) is 13.2. The Labute approximate surface area is 162 Å². The Bertz CT molecular complexity index is 769. The van der Waals surface area contributed by atoms with Crippen LogP contribution in [0.5, 0.6) is 11.5 Å². The van der Waals surface area contributed by atoms with Crippen molar-refractivity contribution in [2.75, 3.05) is 27.9 Å². The number of carbonyl (C=O) groups excluding carboxylic acids is 2. The number of alkyl halides is 2. The van der Waals surface area contributed by atoms with Crippen LogP contribution in [0.3, 0.4) is 0 Å². The van der Waals surface area contributed by atoms with Crippen LogP contribution >= 0.6 is 0 Å². The lowest BCUT2D eigenvalue weighted by Gasteiger charge is -2.39. The highest BCUT2D eigenvalue weighted by Gasteiger charge is 2.58. The lowest BCUT2D eigenvalue weighted by atomic mass is 9.67. The third-order valence-electron chi connectivity index (χ3n) is 5.77. The summed E-state index contributed by atoms with van der Waals surface area (Å²) in [6, 6.07) is 5.27. The molecule has 28 heavy (non-hydrogen) atoms. The summed E-state index contributed by atoms with van der Waals surface area (Å²) in [5.74, 6) is -3.86. The number of ether oxygens (including phenoxy) is 3. The molecule has 1 aliphatic carbocycles. The number of hydrogen-bond acceptors (Lipinski definition) is 5. The van der Waals surface area contributed by atoms with Crippen LogP contribution in [0.25, 0.3) is 0 Å². The zero-order valence-electron chi connectivity index (χ0n) is 16.3. The molecule has 1 spiro atoms. The van der Waals surface area contributed by atoms with Crippen LogP contribution in [-0.2, 0) is 20.9 Å². The van der Waals surface area contributed by atoms with Gasteiger partial charge in [0.25, 0.3) is 0 Å². The number of amides is 1. The number of rotatable bonds is 5. The molecule has 2 fully saturated rings. The van der Waals surface area contributed by atoms with Gasteiger partial charge in [0.2, 0.25) is 11.8 Å². The number of hydrogen-bond donors (Lipinski definition) is 0. The molecule has 1 aromatic rings. The highest BCUT2D eigenvalue weighted by atomic mass is 19.3. The van der Waals surface area contributed by atoms with Gasteiger partial charge in [0.05, 0.1) is 32.7 Å². The summed E-state index contributed by atoms with van der Waals surface area (Å²) in [5, 5.41) is 0. The van der Waals surface area contributed by atoms with Gasteiger partial charge in [-0.15, -0.1) is 0 Å². The molecule has 1 aromatic carbocycles. The van der Waals surface area contributed by atoms with Crippen LogP contribution < -0.4 is 9.47 Å². The lowest BCUT2D eigenvalue weighted by molar-refractivity contribution is -0.165. The molecule has 0 N–H and O–H groups in total. The molecule has 8 heteroatoms. The SMILES string of the molecule is COC(=O)[C@@H]1CC(F)(F)C[C@]2(CCN(Cc3ccc(OC)cc3OC)C2=O)C1. The van der Waals surface area contributed by atoms with E-state index in [1.807, 2.05) is 0 Å². The fraction of sp³-hybridized carbons (Fsp3) is 0.600. The van der Waals surface area contributed by atoms with Crippen molar-refractivity contribution in [3.63, 3.8) is 0 Å². The van der Waals surface area contributed by atoms with E-state index in [1.165, 1.54) is 14.2 Å². The molecule has 2 atom stereocenters. The van der Waals surface area contributed by atoms with Gasteiger partial charge in [-0.2, -0.15) is 0 Å². The maximum atomic E-state index is 14.4. The predicted molar refractivity (Wildman–Crippen MR) is 96.3 cm³/mol. The van der Waals surface area contributed by atoms with E-state index in [4.69, 9.17) is 9.47 Å². The zero-order chi connectivity index (χ0) is 20.5. The highest BCUT2D eigenvalue weighted by Crippen LogP contribution is 2.53. The molecule has 1 aliphatic heterocycles. The number of carbonyl (C=O) groups is 2. The third-order valence-corrected chi connectivity index (χ3v) is 5.77. The summed E-state index contributed by atoms with van der Waals surface area (Å²) in [6.45, 7) is 0.611. The Morgan fingerprint density at radius 2 is 1.96 bits per heavy atom. The van der Waals surface area contributed by atoms with Crippen molar-refractivity contribution in [1.29, 1.82) is 0 Å². The van der Waals surface area contributed by atoms with E-state index in [2.05, 4.69) is 4.74 Å². The molecular formula is C20H25F2NO5. The smallest absolute Gasteiger partial charge is 0.308 e. The summed E-state index contributed by atoms with van der Waals surface area (Å²) in [4.78, 5) is 26.6. The minimum Gasteiger partial charge on any atom is -0.497 e. The summed E-state index contributed by atoms with van der Waals surface area (Å²) in [7, 11) is 4.25. The average molecular weight is 397 g/mol. The second-order valence-electron chi connectivity index (χ2n) is 7.60. The summed E-state index contributed by atoms with van der Waals surface area (Å²) in [5.41, 5.74) is -0.457. The molecule has 6 nitrogen and oxygen atoms in total. The number of esters is 1. The Morgan fingerprint density at radius 1 is 1.21 bits per heavy atom. The van der Waals surface area contributed by atoms with Crippen LogP contribution in [0, 0.1) is 11.3 Å². The van der Waals surface area contributed by atoms with Gasteiger partial charge in [0, 0.05) is 37.6 Å². The number of benzene rings is 1. The summed E-state index contributed by atoms with van der Waals surface area (Å²) in [6.07, 6.45) is -0.693. The van der Waals surface area contributed by atoms with E-state index in [-0.39, 0.29) is 18.9 Å². The average Bonchev–Trinajstić information content (AvgIpc) is 2.95. The van der Waals surface area contributed by atoms with Crippen LogP contribution in [0.1, 0.15) is 31.2 Å². The largest absolute Gasteiger partial charge is 0.497 e. The molecule has 1 saturated carbocycles. The van der Waals surface area contributed by atoms with Crippen molar-refractivity contribution < 1.29 is 32.6 Å². The summed E-state index contributed by atoms with van der Waals surface area (Å²) < 4.78 is 43.9. The minimum atomic E-state index is -3.07. The van der Waals surface area contributed by atoms with Gasteiger partial charge in [-0.3, -0.25) is 9.59 Å². The van der Waals surface area contributed by atoms with E-state index in [0.717, 1.165) is 5.56 Å². The molecule has 3 rings (SSSR count). The molecule has 1 amide bonds. The van der Waals surface area contributed by atoms with Crippen molar-refractivity contribution in [3.05, 3.63) is 23.8 Å². The molecule has 0 bridgehead atoms. The van der Waals surface area contributed by atoms with E-state index in [9.17, 15) is 18.4 Å². The second kappa shape index (κ2) is 7.56. The quantitative estimate of drug-likeness (QED) is 0.715. The normalized spacial score (nSPS) is 26.4. The number of halogens is 2. The van der Waals surface area contributed by atoms with E-state index >= 15 is 0 Å². The molecule has 2 aliphatic rings. The van der Waals surface area contributed by atoms with Crippen molar-refractivity contribution in [1.82, 2.24) is 4.90 Å². The van der Waals surface area contributed by atoms with Gasteiger partial charge < -0.3 is 19.1 Å². The van der Waals surface area contributed by atoms with Crippen molar-refractivity contribution in [3.8, 4) is 11.5 Å². The lowest BCUT2D eigenvalue weighted by Crippen LogP contribution is -2.46. The van der Waals surface area contributed by atoms with Gasteiger partial charge in [-0.05, 0) is 25.0 Å². The topological polar surface area (TPSA) is 65.1 Å². The Hall–Kier alpha value is -2.38. The Morgan fingerprint density at radius 3 is 2.61 bits per heavy atom. The van der Waals surface area contributed by atoms with Crippen molar-refractivity contribution in [2.24, 2.45) is 11.3 Å². The fourth-order valence-corrected chi connectivity index (χ4v) is 4.46. The maximum absolute atomic E-state index is 14.4. The van der Waals surface area contributed by atoms with Crippen LogP contribution in [-0.4, -0.2) is 50.6 Å². The van der Waals surface area contributed by atoms with Gasteiger partial charge in [0.15, 0.2) is 0 Å². The minimum absolute atomic E-state index is 0.102. The van der Waals surface area contributed by atoms with Gasteiger partial charge in [0.1, 0.15) is 11.5 Å². The monoisotopic (exact) mass is 397 g/mol. The standard InChI is InChI=1S/C20H25F2NO5/c1-26-15-5-4-13(16(8-15)27-2)11-23-7-6-19(18(23)25)9-14(17(24)28-3)10-20(21,22)12-19/h4-5,8,14H,6-7,9-12H2,1-3H3/t14-,19-/m0/s1. The second-order valence-corrected chi connectivity index (χ2v) is 7.60. The molecule has 0 aromatic heterocycles. The number of methoxy groups -OCH3 is 3. The molecule has 1 heterocycles. The van der Waals surface area contributed by atoms with E-state index in [1.54, 1.807) is 30.2 Å². The molecular weight excluding hydrogens is 372 g/mol. The van der Waals surface area contributed by atoms with Crippen LogP contribution in [0.4, 0.5) is 8.78 Å². The maximum Gasteiger partial charge on any atom is 0.308 e. The fourth-order valence-electron chi connectivity index (χ4n) is 4.46. The third kappa shape index (κ3) is 3.77. The first-order valence-electron chi connectivity index (χ1n) is 9.19. The Kier molecular flexibility index (Phi) is 5.50. The van der Waals surface area contributed by atoms with Crippen LogP contribution in [0.15, 0.2) is 18.2 Å². The van der Waals surface area contributed by atoms with E-state index < -0.39 is 36.1 Å². The highest BCUT2D eigenvalue weighted by molar-refractivity contribution is 5.86.